The SMILES string of the molecule is CCC=C(C)C(=O)N(C)C1CCCCC1CN. The van der Waals surface area contributed by atoms with Gasteiger partial charge in [-0.05, 0) is 38.6 Å². The second-order valence-electron chi connectivity index (χ2n) is 5.06. The second-order valence-corrected chi connectivity index (χ2v) is 5.06. The Hall–Kier alpha value is -0.830. The first-order valence-corrected chi connectivity index (χ1v) is 6.75. The predicted octanol–water partition coefficient (Wildman–Crippen LogP) is 2.32. The minimum atomic E-state index is 0.164. The molecule has 0 heterocycles. The zero-order valence-electron chi connectivity index (χ0n) is 11.4. The number of allylic oxidation sites excluding steroid dienone is 1. The molecule has 0 aromatic carbocycles. The second kappa shape index (κ2) is 6.80. The van der Waals surface area contributed by atoms with E-state index in [1.165, 1.54) is 12.8 Å². The van der Waals surface area contributed by atoms with Crippen molar-refractivity contribution in [3.8, 4) is 0 Å². The van der Waals surface area contributed by atoms with Crippen LogP contribution in [0.1, 0.15) is 46.0 Å². The summed E-state index contributed by atoms with van der Waals surface area (Å²) in [5, 5.41) is 0. The van der Waals surface area contributed by atoms with E-state index in [0.717, 1.165) is 24.8 Å². The van der Waals surface area contributed by atoms with Crippen molar-refractivity contribution in [1.82, 2.24) is 4.90 Å². The van der Waals surface area contributed by atoms with Gasteiger partial charge in [0, 0.05) is 18.7 Å². The van der Waals surface area contributed by atoms with E-state index in [0.29, 0.717) is 18.5 Å². The number of amides is 1. The molecule has 2 unspecified atom stereocenters. The third-order valence-corrected chi connectivity index (χ3v) is 3.84. The van der Waals surface area contributed by atoms with E-state index < -0.39 is 0 Å². The molecule has 17 heavy (non-hydrogen) atoms. The Morgan fingerprint density at radius 2 is 2.06 bits per heavy atom. The van der Waals surface area contributed by atoms with Crippen LogP contribution in [-0.4, -0.2) is 30.4 Å². The number of rotatable bonds is 4. The first-order valence-electron chi connectivity index (χ1n) is 6.75. The molecule has 1 rings (SSSR count). The van der Waals surface area contributed by atoms with E-state index in [1.54, 1.807) is 0 Å². The Morgan fingerprint density at radius 1 is 1.41 bits per heavy atom. The normalized spacial score (nSPS) is 25.8. The third-order valence-electron chi connectivity index (χ3n) is 3.84. The zero-order chi connectivity index (χ0) is 12.8. The molecule has 2 atom stereocenters. The van der Waals surface area contributed by atoms with Crippen LogP contribution in [0.5, 0.6) is 0 Å². The highest BCUT2D eigenvalue weighted by Crippen LogP contribution is 2.27. The molecule has 0 aliphatic heterocycles. The van der Waals surface area contributed by atoms with Gasteiger partial charge in [-0.2, -0.15) is 0 Å². The van der Waals surface area contributed by atoms with Crippen molar-refractivity contribution in [1.29, 1.82) is 0 Å². The lowest BCUT2D eigenvalue weighted by Gasteiger charge is -2.37. The number of nitrogens with zero attached hydrogens (tertiary/aromatic N) is 1. The summed E-state index contributed by atoms with van der Waals surface area (Å²) in [5.41, 5.74) is 6.67. The van der Waals surface area contributed by atoms with Crippen LogP contribution in [-0.2, 0) is 4.79 Å². The van der Waals surface area contributed by atoms with Gasteiger partial charge in [-0.25, -0.2) is 0 Å². The first kappa shape index (κ1) is 14.2. The van der Waals surface area contributed by atoms with Crippen molar-refractivity contribution < 1.29 is 4.79 Å². The molecule has 1 aliphatic rings. The smallest absolute Gasteiger partial charge is 0.249 e. The summed E-state index contributed by atoms with van der Waals surface area (Å²) >= 11 is 0. The zero-order valence-corrected chi connectivity index (χ0v) is 11.4. The summed E-state index contributed by atoms with van der Waals surface area (Å²) in [5.74, 6) is 0.643. The summed E-state index contributed by atoms with van der Waals surface area (Å²) < 4.78 is 0. The molecule has 3 nitrogen and oxygen atoms in total. The van der Waals surface area contributed by atoms with Crippen LogP contribution in [0.4, 0.5) is 0 Å². The van der Waals surface area contributed by atoms with E-state index in [-0.39, 0.29) is 5.91 Å². The van der Waals surface area contributed by atoms with Crippen molar-refractivity contribution in [3.05, 3.63) is 11.6 Å². The van der Waals surface area contributed by atoms with Gasteiger partial charge in [-0.15, -0.1) is 0 Å². The standard InChI is InChI=1S/C14H26N2O/c1-4-7-11(2)14(17)16(3)13-9-6-5-8-12(13)10-15/h7,12-13H,4-6,8-10,15H2,1-3H3. The molecule has 0 aromatic heterocycles. The fourth-order valence-electron chi connectivity index (χ4n) is 2.80. The monoisotopic (exact) mass is 238 g/mol. The number of carbonyl (C=O) groups excluding carboxylic acids is 1. The minimum absolute atomic E-state index is 0.164. The van der Waals surface area contributed by atoms with E-state index >= 15 is 0 Å². The molecule has 0 bridgehead atoms. The molecule has 1 aliphatic carbocycles. The molecule has 0 spiro atoms. The number of carbonyl (C=O) groups is 1. The summed E-state index contributed by atoms with van der Waals surface area (Å²) in [4.78, 5) is 14.1. The van der Waals surface area contributed by atoms with Gasteiger partial charge in [0.15, 0.2) is 0 Å². The van der Waals surface area contributed by atoms with E-state index in [2.05, 4.69) is 6.92 Å². The lowest BCUT2D eigenvalue weighted by molar-refractivity contribution is -0.129. The molecular formula is C14H26N2O. The maximum absolute atomic E-state index is 12.2. The Kier molecular flexibility index (Phi) is 5.69. The Morgan fingerprint density at radius 3 is 2.65 bits per heavy atom. The van der Waals surface area contributed by atoms with E-state index in [4.69, 9.17) is 5.73 Å². The number of likely N-dealkylation sites (N-methyl/N-ethyl adjacent to an activating group) is 1. The van der Waals surface area contributed by atoms with Crippen molar-refractivity contribution >= 4 is 5.91 Å². The van der Waals surface area contributed by atoms with Crippen LogP contribution < -0.4 is 5.73 Å². The minimum Gasteiger partial charge on any atom is -0.339 e. The van der Waals surface area contributed by atoms with Gasteiger partial charge in [0.2, 0.25) is 5.91 Å². The maximum atomic E-state index is 12.2. The van der Waals surface area contributed by atoms with Gasteiger partial charge in [-0.1, -0.05) is 25.8 Å². The molecule has 0 aromatic rings. The number of nitrogens with two attached hydrogens (primary N) is 1. The van der Waals surface area contributed by atoms with Gasteiger partial charge >= 0.3 is 0 Å². The Bertz CT molecular complexity index is 286. The average molecular weight is 238 g/mol. The van der Waals surface area contributed by atoms with Crippen molar-refractivity contribution in [2.45, 2.75) is 52.0 Å². The van der Waals surface area contributed by atoms with Crippen molar-refractivity contribution in [3.63, 3.8) is 0 Å². The molecule has 1 saturated carbocycles. The molecule has 98 valence electrons. The highest BCUT2D eigenvalue weighted by Gasteiger charge is 2.29. The van der Waals surface area contributed by atoms with Crippen molar-refractivity contribution in [2.75, 3.05) is 13.6 Å². The van der Waals surface area contributed by atoms with Crippen LogP contribution in [0.3, 0.4) is 0 Å². The van der Waals surface area contributed by atoms with E-state index in [9.17, 15) is 4.79 Å². The molecule has 3 heteroatoms. The van der Waals surface area contributed by atoms with Crippen LogP contribution >= 0.6 is 0 Å². The Balaban J connectivity index is 2.70. The average Bonchev–Trinajstić information content (AvgIpc) is 2.37. The maximum Gasteiger partial charge on any atom is 0.249 e. The topological polar surface area (TPSA) is 46.3 Å². The van der Waals surface area contributed by atoms with Gasteiger partial charge in [0.25, 0.3) is 0 Å². The lowest BCUT2D eigenvalue weighted by atomic mass is 9.83. The summed E-state index contributed by atoms with van der Waals surface area (Å²) in [7, 11) is 1.92. The van der Waals surface area contributed by atoms with Crippen LogP contribution in [0.15, 0.2) is 11.6 Å². The Labute approximate surface area is 105 Å². The summed E-state index contributed by atoms with van der Waals surface area (Å²) in [6.45, 7) is 4.65. The quantitative estimate of drug-likeness (QED) is 0.764. The van der Waals surface area contributed by atoms with Crippen LogP contribution in [0.25, 0.3) is 0 Å². The highest BCUT2D eigenvalue weighted by molar-refractivity contribution is 5.92. The largest absolute Gasteiger partial charge is 0.339 e. The third kappa shape index (κ3) is 3.56. The van der Waals surface area contributed by atoms with Gasteiger partial charge in [0.05, 0.1) is 0 Å². The molecule has 2 N–H and O–H groups in total. The van der Waals surface area contributed by atoms with Crippen molar-refractivity contribution in [2.24, 2.45) is 11.7 Å². The molecule has 0 radical (unpaired) electrons. The summed E-state index contributed by atoms with van der Waals surface area (Å²) in [6.07, 6.45) is 7.65. The number of hydrogen-bond donors (Lipinski definition) is 1. The fraction of sp³-hybridized carbons (Fsp3) is 0.786. The predicted molar refractivity (Wildman–Crippen MR) is 71.6 cm³/mol. The molecule has 1 amide bonds. The van der Waals surface area contributed by atoms with Gasteiger partial charge in [-0.3, -0.25) is 4.79 Å². The van der Waals surface area contributed by atoms with E-state index in [1.807, 2.05) is 24.9 Å². The molecular weight excluding hydrogens is 212 g/mol. The lowest BCUT2D eigenvalue weighted by Crippen LogP contribution is -2.46. The van der Waals surface area contributed by atoms with Crippen LogP contribution in [0, 0.1) is 5.92 Å². The fourth-order valence-corrected chi connectivity index (χ4v) is 2.80. The highest BCUT2D eigenvalue weighted by atomic mass is 16.2. The molecule has 0 saturated heterocycles. The van der Waals surface area contributed by atoms with Gasteiger partial charge < -0.3 is 10.6 Å². The first-order chi connectivity index (χ1) is 8.11. The summed E-state index contributed by atoms with van der Waals surface area (Å²) in [6, 6.07) is 0.335. The molecule has 1 fully saturated rings. The van der Waals surface area contributed by atoms with Crippen LogP contribution in [0.2, 0.25) is 0 Å². The van der Waals surface area contributed by atoms with Gasteiger partial charge in [0.1, 0.15) is 0 Å². The number of hydrogen-bond acceptors (Lipinski definition) is 2.